The van der Waals surface area contributed by atoms with E-state index in [1.165, 1.54) is 20.0 Å². The van der Waals surface area contributed by atoms with Crippen molar-refractivity contribution in [3.63, 3.8) is 0 Å². The van der Waals surface area contributed by atoms with Crippen molar-refractivity contribution in [1.29, 1.82) is 0 Å². The van der Waals surface area contributed by atoms with E-state index < -0.39 is 65.6 Å². The van der Waals surface area contributed by atoms with Gasteiger partial charge in [0, 0.05) is 25.7 Å². The molecule has 5 nitrogen and oxygen atoms in total. The third kappa shape index (κ3) is 108. The maximum Gasteiger partial charge on any atom is 0.389 e. The molecule has 84 heavy (non-hydrogen) atoms. The van der Waals surface area contributed by atoms with Gasteiger partial charge in [-0.3, -0.25) is 9.59 Å². The number of hydrogen-bond donors (Lipinski definition) is 2. The number of carbonyl (C=O) groups excluding carboxylic acids is 1. The number of carboxylic acid groups (broad SMARTS) is 1. The zero-order chi connectivity index (χ0) is 70.4. The number of methoxy groups -OCH3 is 1. The van der Waals surface area contributed by atoms with Crippen molar-refractivity contribution < 1.29 is 72.8 Å². The molecule has 0 aliphatic heterocycles. The van der Waals surface area contributed by atoms with E-state index in [-0.39, 0.29) is 69.6 Å². The van der Waals surface area contributed by atoms with Gasteiger partial charge >= 0.3 is 18.1 Å². The second-order valence-electron chi connectivity index (χ2n) is 35.4. The molecular formula is C68H137F11O5. The van der Waals surface area contributed by atoms with Gasteiger partial charge in [-0.15, -0.1) is 0 Å². The lowest BCUT2D eigenvalue weighted by Crippen LogP contribution is -2.27. The van der Waals surface area contributed by atoms with Gasteiger partial charge in [-0.1, -0.05) is 221 Å². The number of ether oxygens (including phenoxy) is 1. The van der Waals surface area contributed by atoms with Gasteiger partial charge < -0.3 is 14.9 Å². The molecule has 0 unspecified atom stereocenters. The number of carbonyl (C=O) groups is 2. The Morgan fingerprint density at radius 3 is 0.857 bits per heavy atom. The van der Waals surface area contributed by atoms with Gasteiger partial charge in [0.25, 0.3) is 5.92 Å². The number of aliphatic carboxylic acids is 1. The van der Waals surface area contributed by atoms with Crippen LogP contribution in [0, 0.1) is 66.5 Å². The topological polar surface area (TPSA) is 83.8 Å². The fraction of sp³-hybridized carbons (Fsp3) is 0.971. The molecule has 0 radical (unpaired) electrons. The number of aliphatic hydroxyl groups is 1. The molecule has 2 N–H and O–H groups in total. The Morgan fingerprint density at radius 1 is 0.464 bits per heavy atom. The van der Waals surface area contributed by atoms with Crippen LogP contribution >= 0.6 is 0 Å². The molecule has 3 atom stereocenters. The van der Waals surface area contributed by atoms with Crippen LogP contribution in [-0.4, -0.2) is 71.7 Å². The smallest absolute Gasteiger partial charge is 0.389 e. The van der Waals surface area contributed by atoms with Gasteiger partial charge in [-0.2, -0.15) is 13.2 Å². The van der Waals surface area contributed by atoms with Crippen LogP contribution in [0.15, 0.2) is 0 Å². The third-order valence-corrected chi connectivity index (χ3v) is 10.5. The third-order valence-electron chi connectivity index (χ3n) is 10.5. The normalized spacial score (nSPS) is 15.2. The molecule has 0 aromatic carbocycles. The van der Waals surface area contributed by atoms with Crippen molar-refractivity contribution in [3.05, 3.63) is 0 Å². The van der Waals surface area contributed by atoms with Crippen LogP contribution in [0.25, 0.3) is 0 Å². The number of rotatable bonds is 12. The van der Waals surface area contributed by atoms with E-state index in [9.17, 15) is 57.9 Å². The van der Waals surface area contributed by atoms with Crippen LogP contribution in [0.5, 0.6) is 0 Å². The van der Waals surface area contributed by atoms with Crippen molar-refractivity contribution in [2.75, 3.05) is 13.7 Å². The first-order valence-electron chi connectivity index (χ1n) is 30.3. The standard InChI is InChI=1S/C9H18O2.C9H20.C8H15F.C8H17F.C8H16O2.C7H14F2O.C7H14F2.C6H11F3.C6H12F2/c1-7(8(10)11-5)6-9(2,3)4;1-6-8(2)7-9(3,4)5;1-7(2,3)6-8(9)4-5-8;1-7(2,3)6-8(4,5)9;1-6(7(9)10)5-8(2,3)4;1-6(2,3)4-7(8,9)5-10;1-6(2,3)5-7(4,8)9;1-5(2,3)4-6(7,8)9;1-6(2,3)4-5(7)8/h7H,6H2,1-5H3;8H,6-7H2,1-5H3;4-6H2,1-3H3;6H2,1-5H3;6H,5H2,1-4H3,(H,9,10);10H,4-5H2,1-3H3;5H2,1-4H3;4H2,1-3H3;5H,4H2,1-3H3/t7-;8-;;;6-;;;;/m01..0..../s1. The molecule has 1 aliphatic rings. The van der Waals surface area contributed by atoms with E-state index in [0.717, 1.165) is 44.9 Å². The number of esters is 1. The van der Waals surface area contributed by atoms with Gasteiger partial charge in [0.05, 0.1) is 18.9 Å². The Labute approximate surface area is 511 Å². The van der Waals surface area contributed by atoms with Gasteiger partial charge in [-0.05, 0) is 120 Å². The predicted octanol–water partition coefficient (Wildman–Crippen LogP) is 24.7. The fourth-order valence-electron chi connectivity index (χ4n) is 8.75. The minimum atomic E-state index is -4.02. The van der Waals surface area contributed by atoms with Crippen molar-refractivity contribution >= 4 is 11.9 Å². The number of aliphatic hydroxyl groups excluding tert-OH is 1. The highest BCUT2D eigenvalue weighted by Crippen LogP contribution is 2.48. The summed E-state index contributed by atoms with van der Waals surface area (Å²) in [5, 5.41) is 16.8. The monoisotopic (exact) mass is 1240 g/mol. The molecule has 0 saturated heterocycles. The van der Waals surface area contributed by atoms with Gasteiger partial charge in [0.15, 0.2) is 0 Å². The lowest BCUT2D eigenvalue weighted by atomic mass is 9.84. The maximum absolute atomic E-state index is 13.0. The molecule has 0 aromatic heterocycles. The van der Waals surface area contributed by atoms with Crippen molar-refractivity contribution in [3.8, 4) is 0 Å². The van der Waals surface area contributed by atoms with Crippen LogP contribution in [0.4, 0.5) is 48.3 Å². The predicted molar refractivity (Wildman–Crippen MR) is 337 cm³/mol. The summed E-state index contributed by atoms with van der Waals surface area (Å²) in [4.78, 5) is 21.3. The molecule has 1 rings (SSSR count). The molecule has 16 heteroatoms. The molecule has 0 spiro atoms. The van der Waals surface area contributed by atoms with Crippen molar-refractivity contribution in [1.82, 2.24) is 0 Å². The van der Waals surface area contributed by atoms with Crippen LogP contribution in [-0.2, 0) is 14.3 Å². The molecule has 0 bridgehead atoms. The quantitative estimate of drug-likeness (QED) is 0.150. The highest BCUT2D eigenvalue weighted by molar-refractivity contribution is 5.71. The number of hydrogen-bond acceptors (Lipinski definition) is 4. The van der Waals surface area contributed by atoms with E-state index >= 15 is 0 Å². The van der Waals surface area contributed by atoms with Crippen molar-refractivity contribution in [2.45, 2.75) is 348 Å². The summed E-state index contributed by atoms with van der Waals surface area (Å²) in [6.45, 7) is 63.9. The molecule has 1 saturated carbocycles. The van der Waals surface area contributed by atoms with Crippen LogP contribution < -0.4 is 0 Å². The first kappa shape index (κ1) is 98.4. The van der Waals surface area contributed by atoms with E-state index in [1.807, 2.05) is 69.2 Å². The molecule has 0 amide bonds. The fourth-order valence-corrected chi connectivity index (χ4v) is 8.75. The second kappa shape index (κ2) is 40.0. The summed E-state index contributed by atoms with van der Waals surface area (Å²) in [6.07, 6.45) is 0.0361. The summed E-state index contributed by atoms with van der Waals surface area (Å²) in [5.74, 6) is -5.56. The van der Waals surface area contributed by atoms with E-state index in [1.54, 1.807) is 83.1 Å². The SMILES string of the molecule is CC(C)(C)CC(C)(C)F.CC(C)(C)CC(C)(F)F.CC(C)(C)CC(F)(F)CO.CC(C)(C)CC(F)(F)F.CC(C)(C)CC(F)F.CC(C)(C)CC1(F)CC1.CC[C@@H](C)CC(C)(C)C.COC(=O)[C@@H](C)CC(C)(C)C.C[C@@H](CC(C)(C)C)C(=O)O. The summed E-state index contributed by atoms with van der Waals surface area (Å²) in [6, 6.07) is 0. The van der Waals surface area contributed by atoms with E-state index in [4.69, 9.17) is 10.2 Å². The maximum atomic E-state index is 13.0. The summed E-state index contributed by atoms with van der Waals surface area (Å²) in [5.41, 5.74) is -2.21. The molecular weight excluding hydrogens is 1110 g/mol. The molecule has 516 valence electrons. The average molecular weight is 1240 g/mol. The Morgan fingerprint density at radius 2 is 0.774 bits per heavy atom. The van der Waals surface area contributed by atoms with Crippen LogP contribution in [0.3, 0.4) is 0 Å². The molecule has 0 heterocycles. The minimum absolute atomic E-state index is 0.00694. The number of alkyl halides is 11. The lowest BCUT2D eigenvalue weighted by molar-refractivity contribution is -0.152. The Bertz CT molecular complexity index is 1500. The number of halogens is 11. The summed E-state index contributed by atoms with van der Waals surface area (Å²) in [7, 11) is 1.43. The summed E-state index contributed by atoms with van der Waals surface area (Å²) < 4.78 is 137. The highest BCUT2D eigenvalue weighted by atomic mass is 19.4. The van der Waals surface area contributed by atoms with Crippen molar-refractivity contribution in [2.24, 2.45) is 66.5 Å². The zero-order valence-electron chi connectivity index (χ0n) is 60.8. The highest BCUT2D eigenvalue weighted by Gasteiger charge is 2.45. The number of carboxylic acids is 1. The first-order chi connectivity index (χ1) is 35.9. The zero-order valence-corrected chi connectivity index (χ0v) is 60.8. The molecule has 1 aliphatic carbocycles. The van der Waals surface area contributed by atoms with Gasteiger partial charge in [0.1, 0.15) is 17.9 Å². The second-order valence-corrected chi connectivity index (χ2v) is 35.4. The average Bonchev–Trinajstić information content (AvgIpc) is 3.82. The molecule has 1 fully saturated rings. The van der Waals surface area contributed by atoms with E-state index in [0.29, 0.717) is 11.8 Å². The molecule has 0 aromatic rings. The van der Waals surface area contributed by atoms with Gasteiger partial charge in [0.2, 0.25) is 12.3 Å². The summed E-state index contributed by atoms with van der Waals surface area (Å²) >= 11 is 0. The van der Waals surface area contributed by atoms with Gasteiger partial charge in [-0.25, -0.2) is 35.1 Å². The Balaban J connectivity index is -0.000000129. The Kier molecular flexibility index (Phi) is 46.8. The Hall–Kier alpha value is -1.87. The first-order valence-corrected chi connectivity index (χ1v) is 30.3. The van der Waals surface area contributed by atoms with E-state index in [2.05, 4.69) is 80.9 Å². The largest absolute Gasteiger partial charge is 0.481 e. The minimum Gasteiger partial charge on any atom is -0.481 e. The van der Waals surface area contributed by atoms with Crippen LogP contribution in [0.2, 0.25) is 0 Å². The van der Waals surface area contributed by atoms with Crippen LogP contribution in [0.1, 0.15) is 312 Å². The lowest BCUT2D eigenvalue weighted by Gasteiger charge is -2.25.